The normalized spacial score (nSPS) is 20.2. The van der Waals surface area contributed by atoms with Crippen LogP contribution in [-0.4, -0.2) is 52.5 Å². The van der Waals surface area contributed by atoms with Crippen molar-refractivity contribution in [1.82, 2.24) is 20.3 Å². The van der Waals surface area contributed by atoms with Crippen molar-refractivity contribution in [2.24, 2.45) is 0 Å². The van der Waals surface area contributed by atoms with Crippen molar-refractivity contribution in [3.63, 3.8) is 0 Å². The molecule has 1 saturated carbocycles. The van der Waals surface area contributed by atoms with E-state index < -0.39 is 0 Å². The number of hydrogen-bond acceptors (Lipinski definition) is 7. The summed E-state index contributed by atoms with van der Waals surface area (Å²) >= 11 is 0. The molecule has 1 amide bonds. The lowest BCUT2D eigenvalue weighted by Crippen LogP contribution is -2.31. The Morgan fingerprint density at radius 2 is 2.04 bits per heavy atom. The lowest BCUT2D eigenvalue weighted by molar-refractivity contribution is 0.0760. The second kappa shape index (κ2) is 6.10. The molecule has 1 saturated heterocycles. The molecule has 2 aromatic rings. The molecule has 3 heterocycles. The first kappa shape index (κ1) is 14.9. The third-order valence-corrected chi connectivity index (χ3v) is 4.27. The van der Waals surface area contributed by atoms with Crippen LogP contribution >= 0.6 is 0 Å². The van der Waals surface area contributed by atoms with Crippen molar-refractivity contribution in [2.45, 2.75) is 31.3 Å². The molecule has 2 aliphatic rings. The third kappa shape index (κ3) is 3.04. The van der Waals surface area contributed by atoms with Gasteiger partial charge in [-0.3, -0.25) is 4.79 Å². The zero-order chi connectivity index (χ0) is 16.5. The van der Waals surface area contributed by atoms with Crippen LogP contribution in [0.4, 0.5) is 0 Å². The van der Waals surface area contributed by atoms with Crippen molar-refractivity contribution in [3.05, 3.63) is 29.7 Å². The van der Waals surface area contributed by atoms with Crippen molar-refractivity contribution < 1.29 is 18.8 Å². The van der Waals surface area contributed by atoms with Gasteiger partial charge in [0.05, 0.1) is 13.7 Å². The van der Waals surface area contributed by atoms with Crippen LogP contribution in [-0.2, 0) is 0 Å². The fraction of sp³-hybridized carbons (Fsp3) is 0.500. The highest BCUT2D eigenvalue weighted by Gasteiger charge is 2.33. The molecule has 8 nitrogen and oxygen atoms in total. The van der Waals surface area contributed by atoms with Crippen LogP contribution < -0.4 is 9.47 Å². The lowest BCUT2D eigenvalue weighted by Gasteiger charge is -2.15. The summed E-state index contributed by atoms with van der Waals surface area (Å²) in [5.41, 5.74) is 0.377. The minimum Gasteiger partial charge on any atom is -0.480 e. The molecule has 8 heteroatoms. The number of amides is 1. The number of aromatic nitrogens is 3. The molecule has 1 aliphatic heterocycles. The first-order valence-electron chi connectivity index (χ1n) is 8.03. The van der Waals surface area contributed by atoms with Crippen LogP contribution in [0.15, 0.2) is 22.7 Å². The molecule has 1 aliphatic carbocycles. The van der Waals surface area contributed by atoms with Crippen molar-refractivity contribution >= 4 is 5.91 Å². The van der Waals surface area contributed by atoms with E-state index in [0.29, 0.717) is 36.5 Å². The maximum absolute atomic E-state index is 12.5. The summed E-state index contributed by atoms with van der Waals surface area (Å²) in [5, 5.41) is 11.7. The smallest absolute Gasteiger partial charge is 0.276 e. The van der Waals surface area contributed by atoms with Gasteiger partial charge in [-0.25, -0.2) is 0 Å². The topological polar surface area (TPSA) is 90.6 Å². The SMILES string of the molecule is COc1ccc(OC2CCN(C(=O)c3cc(C4CC4)on3)C2)nn1. The fourth-order valence-corrected chi connectivity index (χ4v) is 2.77. The highest BCUT2D eigenvalue weighted by atomic mass is 16.5. The molecule has 0 radical (unpaired) electrons. The minimum absolute atomic E-state index is 0.105. The Hall–Kier alpha value is -2.64. The summed E-state index contributed by atoms with van der Waals surface area (Å²) in [5.74, 6) is 2.01. The number of likely N-dealkylation sites (tertiary alicyclic amines) is 1. The number of methoxy groups -OCH3 is 1. The number of hydrogen-bond donors (Lipinski definition) is 0. The van der Waals surface area contributed by atoms with Gasteiger partial charge in [0.2, 0.25) is 11.8 Å². The van der Waals surface area contributed by atoms with Crippen molar-refractivity contribution in [1.29, 1.82) is 0 Å². The Kier molecular flexibility index (Phi) is 3.79. The van der Waals surface area contributed by atoms with Gasteiger partial charge in [0.1, 0.15) is 11.9 Å². The summed E-state index contributed by atoms with van der Waals surface area (Å²) in [6, 6.07) is 5.16. The number of rotatable bonds is 5. The van der Waals surface area contributed by atoms with Crippen LogP contribution in [0.25, 0.3) is 0 Å². The average Bonchev–Trinajstić information content (AvgIpc) is 3.16. The Morgan fingerprint density at radius 1 is 1.25 bits per heavy atom. The van der Waals surface area contributed by atoms with Crippen molar-refractivity contribution in [3.8, 4) is 11.8 Å². The molecular formula is C16H18N4O4. The predicted molar refractivity (Wildman–Crippen MR) is 82.0 cm³/mol. The van der Waals surface area contributed by atoms with E-state index in [1.54, 1.807) is 23.1 Å². The molecule has 24 heavy (non-hydrogen) atoms. The highest BCUT2D eigenvalue weighted by Crippen LogP contribution is 2.40. The van der Waals surface area contributed by atoms with Gasteiger partial charge in [-0.2, -0.15) is 0 Å². The third-order valence-electron chi connectivity index (χ3n) is 4.27. The maximum Gasteiger partial charge on any atom is 0.276 e. The molecular weight excluding hydrogens is 312 g/mol. The van der Waals surface area contributed by atoms with Crippen molar-refractivity contribution in [2.75, 3.05) is 20.2 Å². The van der Waals surface area contributed by atoms with E-state index in [2.05, 4.69) is 15.4 Å². The van der Waals surface area contributed by atoms with E-state index in [4.69, 9.17) is 14.0 Å². The molecule has 4 rings (SSSR count). The van der Waals surface area contributed by atoms with E-state index in [1.165, 1.54) is 7.11 Å². The maximum atomic E-state index is 12.5. The summed E-state index contributed by atoms with van der Waals surface area (Å²) in [6.07, 6.45) is 2.87. The second-order valence-electron chi connectivity index (χ2n) is 6.08. The molecule has 0 spiro atoms. The summed E-state index contributed by atoms with van der Waals surface area (Å²) < 4.78 is 16.0. The Bertz CT molecular complexity index is 726. The predicted octanol–water partition coefficient (Wildman–Crippen LogP) is 1.64. The van der Waals surface area contributed by atoms with E-state index in [9.17, 15) is 4.79 Å². The highest BCUT2D eigenvalue weighted by molar-refractivity contribution is 5.92. The van der Waals surface area contributed by atoms with Gasteiger partial charge in [-0.15, -0.1) is 10.2 Å². The lowest BCUT2D eigenvalue weighted by atomic mass is 10.2. The van der Waals surface area contributed by atoms with Crippen LogP contribution in [0, 0.1) is 0 Å². The minimum atomic E-state index is -0.113. The van der Waals surface area contributed by atoms with E-state index in [-0.39, 0.29) is 12.0 Å². The fourth-order valence-electron chi connectivity index (χ4n) is 2.77. The van der Waals surface area contributed by atoms with Gasteiger partial charge >= 0.3 is 0 Å². The number of carbonyl (C=O) groups excluding carboxylic acids is 1. The Balaban J connectivity index is 1.35. The first-order chi connectivity index (χ1) is 11.7. The van der Waals surface area contributed by atoms with E-state index in [1.807, 2.05) is 0 Å². The molecule has 2 aromatic heterocycles. The molecule has 1 unspecified atom stereocenters. The number of ether oxygens (including phenoxy) is 2. The van der Waals surface area contributed by atoms with Gasteiger partial charge < -0.3 is 18.9 Å². The average molecular weight is 330 g/mol. The Morgan fingerprint density at radius 3 is 2.75 bits per heavy atom. The second-order valence-corrected chi connectivity index (χ2v) is 6.08. The first-order valence-corrected chi connectivity index (χ1v) is 8.03. The van der Waals surface area contributed by atoms with Gasteiger partial charge in [0.25, 0.3) is 5.91 Å². The van der Waals surface area contributed by atoms with Gasteiger partial charge in [0.15, 0.2) is 5.69 Å². The van der Waals surface area contributed by atoms with Gasteiger partial charge in [-0.05, 0) is 12.8 Å². The van der Waals surface area contributed by atoms with Crippen LogP contribution in [0.2, 0.25) is 0 Å². The van der Waals surface area contributed by atoms with Gasteiger partial charge in [-0.1, -0.05) is 5.16 Å². The van der Waals surface area contributed by atoms with Gasteiger partial charge in [0, 0.05) is 37.1 Å². The zero-order valence-electron chi connectivity index (χ0n) is 13.3. The summed E-state index contributed by atoms with van der Waals surface area (Å²) in [4.78, 5) is 14.2. The van der Waals surface area contributed by atoms with E-state index in [0.717, 1.165) is 25.0 Å². The number of nitrogens with zero attached hydrogens (tertiary/aromatic N) is 4. The quantitative estimate of drug-likeness (QED) is 0.823. The summed E-state index contributed by atoms with van der Waals surface area (Å²) in [6.45, 7) is 1.12. The largest absolute Gasteiger partial charge is 0.480 e. The Labute approximate surface area is 138 Å². The summed E-state index contributed by atoms with van der Waals surface area (Å²) in [7, 11) is 1.53. The molecule has 0 bridgehead atoms. The number of carbonyl (C=O) groups is 1. The van der Waals surface area contributed by atoms with E-state index >= 15 is 0 Å². The zero-order valence-corrected chi connectivity index (χ0v) is 13.3. The standard InChI is InChI=1S/C16H18N4O4/c1-22-14-4-5-15(18-17-14)23-11-6-7-20(9-11)16(21)12-8-13(24-19-12)10-2-3-10/h4-5,8,10-11H,2-3,6-7,9H2,1H3. The van der Waals surface area contributed by atoms with Crippen LogP contribution in [0.5, 0.6) is 11.8 Å². The van der Waals surface area contributed by atoms with Crippen LogP contribution in [0.3, 0.4) is 0 Å². The molecule has 1 atom stereocenters. The molecule has 2 fully saturated rings. The molecule has 126 valence electrons. The molecule has 0 N–H and O–H groups in total. The van der Waals surface area contributed by atoms with Crippen LogP contribution in [0.1, 0.15) is 41.4 Å². The molecule has 0 aromatic carbocycles. The monoisotopic (exact) mass is 330 g/mol.